The molecule has 0 spiro atoms. The fourth-order valence-electron chi connectivity index (χ4n) is 2.54. The van der Waals surface area contributed by atoms with Crippen molar-refractivity contribution in [2.45, 2.75) is 26.8 Å². The smallest absolute Gasteiger partial charge is 0.255 e. The molecule has 0 bridgehead atoms. The first-order valence-corrected chi connectivity index (χ1v) is 8.08. The van der Waals surface area contributed by atoms with Crippen LogP contribution >= 0.6 is 15.9 Å². The second-order valence-corrected chi connectivity index (χ2v) is 6.52. The maximum atomic E-state index is 12.7. The molecule has 0 fully saturated rings. The number of amides is 1. The molecule has 0 saturated carbocycles. The normalized spacial score (nSPS) is 12.3. The third kappa shape index (κ3) is 3.10. The van der Waals surface area contributed by atoms with Crippen LogP contribution in [0, 0.1) is 13.8 Å². The molecule has 1 aromatic carbocycles. The first-order chi connectivity index (χ1) is 10.4. The summed E-state index contributed by atoms with van der Waals surface area (Å²) in [6, 6.07) is 10.0. The highest BCUT2D eigenvalue weighted by atomic mass is 79.9. The minimum Gasteiger partial charge on any atom is -0.338 e. The summed E-state index contributed by atoms with van der Waals surface area (Å²) in [4.78, 5) is 14.4. The van der Waals surface area contributed by atoms with E-state index in [0.717, 1.165) is 27.1 Å². The molecule has 0 aliphatic carbocycles. The van der Waals surface area contributed by atoms with Crippen LogP contribution in [0.4, 0.5) is 0 Å². The second-order valence-electron chi connectivity index (χ2n) is 5.60. The fraction of sp³-hybridized carbons (Fsp3) is 0.353. The van der Waals surface area contributed by atoms with E-state index in [1.165, 1.54) is 0 Å². The van der Waals surface area contributed by atoms with E-state index < -0.39 is 0 Å². The maximum absolute atomic E-state index is 12.7. The molecule has 118 valence electrons. The van der Waals surface area contributed by atoms with Crippen molar-refractivity contribution >= 4 is 21.8 Å². The summed E-state index contributed by atoms with van der Waals surface area (Å²) in [5, 5.41) is 0. The Morgan fingerprint density at radius 1 is 1.36 bits per heavy atom. The van der Waals surface area contributed by atoms with Gasteiger partial charge in [-0.05, 0) is 45.0 Å². The van der Waals surface area contributed by atoms with Gasteiger partial charge in [-0.3, -0.25) is 4.79 Å². The van der Waals surface area contributed by atoms with Gasteiger partial charge in [0.15, 0.2) is 0 Å². The lowest BCUT2D eigenvalue weighted by Crippen LogP contribution is -2.39. The van der Waals surface area contributed by atoms with Crippen molar-refractivity contribution in [2.24, 2.45) is 5.73 Å². The number of carbonyl (C=O) groups is 1. The lowest BCUT2D eigenvalue weighted by molar-refractivity contribution is 0.0747. The summed E-state index contributed by atoms with van der Waals surface area (Å²) < 4.78 is 3.11. The fourth-order valence-corrected chi connectivity index (χ4v) is 2.93. The number of hydrogen-bond donors (Lipinski definition) is 1. The minimum absolute atomic E-state index is 0.00676. The molecule has 1 aromatic heterocycles. The van der Waals surface area contributed by atoms with Gasteiger partial charge in [-0.15, -0.1) is 0 Å². The van der Waals surface area contributed by atoms with Crippen LogP contribution in [-0.4, -0.2) is 35.0 Å². The number of nitrogens with two attached hydrogens (primary N) is 1. The zero-order valence-corrected chi connectivity index (χ0v) is 15.0. The first kappa shape index (κ1) is 16.8. The van der Waals surface area contributed by atoms with E-state index in [9.17, 15) is 4.79 Å². The molecule has 1 unspecified atom stereocenters. The molecule has 22 heavy (non-hydrogen) atoms. The van der Waals surface area contributed by atoms with Crippen LogP contribution in [-0.2, 0) is 0 Å². The molecule has 2 aromatic rings. The van der Waals surface area contributed by atoms with E-state index in [0.29, 0.717) is 6.54 Å². The number of benzene rings is 1. The monoisotopic (exact) mass is 363 g/mol. The second kappa shape index (κ2) is 6.67. The van der Waals surface area contributed by atoms with Gasteiger partial charge in [-0.2, -0.15) is 0 Å². The molecule has 0 radical (unpaired) electrons. The van der Waals surface area contributed by atoms with Crippen molar-refractivity contribution < 1.29 is 4.79 Å². The van der Waals surface area contributed by atoms with Crippen LogP contribution in [0.3, 0.4) is 0 Å². The SMILES string of the molecule is Cc1cc(C(=O)N(C)C(C)CN)c(C)n1-c1cccc(Br)c1. The summed E-state index contributed by atoms with van der Waals surface area (Å²) >= 11 is 3.49. The van der Waals surface area contributed by atoms with Crippen molar-refractivity contribution in [2.75, 3.05) is 13.6 Å². The first-order valence-electron chi connectivity index (χ1n) is 7.29. The van der Waals surface area contributed by atoms with Crippen molar-refractivity contribution in [1.29, 1.82) is 0 Å². The third-order valence-electron chi connectivity index (χ3n) is 4.05. The lowest BCUT2D eigenvalue weighted by Gasteiger charge is -2.23. The maximum Gasteiger partial charge on any atom is 0.255 e. The number of carbonyl (C=O) groups excluding carboxylic acids is 1. The molecule has 2 rings (SSSR count). The van der Waals surface area contributed by atoms with E-state index in [4.69, 9.17) is 5.73 Å². The van der Waals surface area contributed by atoms with Crippen LogP contribution in [0.15, 0.2) is 34.8 Å². The van der Waals surface area contributed by atoms with Crippen molar-refractivity contribution in [3.8, 4) is 5.69 Å². The van der Waals surface area contributed by atoms with Gasteiger partial charge in [0.25, 0.3) is 5.91 Å². The third-order valence-corrected chi connectivity index (χ3v) is 4.54. The van der Waals surface area contributed by atoms with Gasteiger partial charge in [0.05, 0.1) is 5.56 Å². The van der Waals surface area contributed by atoms with Crippen LogP contribution in [0.2, 0.25) is 0 Å². The quantitative estimate of drug-likeness (QED) is 0.905. The Morgan fingerprint density at radius 2 is 2.05 bits per heavy atom. The highest BCUT2D eigenvalue weighted by Crippen LogP contribution is 2.24. The Labute approximate surface area is 140 Å². The molecular formula is C17H22BrN3O. The molecule has 4 nitrogen and oxygen atoms in total. The molecule has 1 atom stereocenters. The van der Waals surface area contributed by atoms with Crippen LogP contribution in [0.1, 0.15) is 28.7 Å². The number of hydrogen-bond acceptors (Lipinski definition) is 2. The van der Waals surface area contributed by atoms with Crippen molar-refractivity contribution in [3.05, 3.63) is 51.8 Å². The molecule has 1 heterocycles. The van der Waals surface area contributed by atoms with E-state index in [1.54, 1.807) is 11.9 Å². The molecular weight excluding hydrogens is 342 g/mol. The highest BCUT2D eigenvalue weighted by Gasteiger charge is 2.22. The topological polar surface area (TPSA) is 51.3 Å². The van der Waals surface area contributed by atoms with Crippen LogP contribution in [0.5, 0.6) is 0 Å². The zero-order chi connectivity index (χ0) is 16.4. The Kier molecular flexibility index (Phi) is 5.08. The highest BCUT2D eigenvalue weighted by molar-refractivity contribution is 9.10. The van der Waals surface area contributed by atoms with E-state index in [1.807, 2.05) is 51.1 Å². The van der Waals surface area contributed by atoms with E-state index in [2.05, 4.69) is 20.5 Å². The predicted molar refractivity (Wildman–Crippen MR) is 93.6 cm³/mol. The largest absolute Gasteiger partial charge is 0.338 e. The number of nitrogens with zero attached hydrogens (tertiary/aromatic N) is 2. The minimum atomic E-state index is 0.00676. The summed E-state index contributed by atoms with van der Waals surface area (Å²) in [5.74, 6) is 0.00676. The summed E-state index contributed by atoms with van der Waals surface area (Å²) in [6.45, 7) is 6.39. The molecule has 0 aliphatic rings. The van der Waals surface area contributed by atoms with E-state index in [-0.39, 0.29) is 11.9 Å². The van der Waals surface area contributed by atoms with Gasteiger partial charge in [0.1, 0.15) is 0 Å². The van der Waals surface area contributed by atoms with Gasteiger partial charge in [-0.1, -0.05) is 22.0 Å². The number of halogens is 1. The summed E-state index contributed by atoms with van der Waals surface area (Å²) in [7, 11) is 1.80. The van der Waals surface area contributed by atoms with Crippen LogP contribution in [0.25, 0.3) is 5.69 Å². The van der Waals surface area contributed by atoms with Crippen molar-refractivity contribution in [3.63, 3.8) is 0 Å². The van der Waals surface area contributed by atoms with Crippen LogP contribution < -0.4 is 5.73 Å². The molecule has 5 heteroatoms. The number of aryl methyl sites for hydroxylation is 1. The molecule has 0 aliphatic heterocycles. The van der Waals surface area contributed by atoms with Gasteiger partial charge < -0.3 is 15.2 Å². The average molecular weight is 364 g/mol. The Bertz CT molecular complexity index is 693. The average Bonchev–Trinajstić information content (AvgIpc) is 2.79. The summed E-state index contributed by atoms with van der Waals surface area (Å²) in [6.07, 6.45) is 0. The molecule has 0 saturated heterocycles. The Morgan fingerprint density at radius 3 is 2.64 bits per heavy atom. The number of rotatable bonds is 4. The Hall–Kier alpha value is -1.59. The van der Waals surface area contributed by atoms with Gasteiger partial charge in [0.2, 0.25) is 0 Å². The van der Waals surface area contributed by atoms with E-state index >= 15 is 0 Å². The van der Waals surface area contributed by atoms with Crippen molar-refractivity contribution in [1.82, 2.24) is 9.47 Å². The zero-order valence-electron chi connectivity index (χ0n) is 13.4. The summed E-state index contributed by atoms with van der Waals surface area (Å²) in [5.41, 5.74) is 9.40. The standard InChI is InChI=1S/C17H22BrN3O/c1-11-8-16(17(22)20(4)12(2)10-19)13(3)21(11)15-7-5-6-14(18)9-15/h5-9,12H,10,19H2,1-4H3. The van der Waals surface area contributed by atoms with Gasteiger partial charge in [0, 0.05) is 41.2 Å². The predicted octanol–water partition coefficient (Wildman–Crippen LogP) is 3.28. The van der Waals surface area contributed by atoms with Gasteiger partial charge >= 0.3 is 0 Å². The molecule has 1 amide bonds. The Balaban J connectivity index is 2.46. The lowest BCUT2D eigenvalue weighted by atomic mass is 10.2. The number of likely N-dealkylation sites (N-methyl/N-ethyl adjacent to an activating group) is 1. The number of aromatic nitrogens is 1. The van der Waals surface area contributed by atoms with Gasteiger partial charge in [-0.25, -0.2) is 0 Å². The molecule has 2 N–H and O–H groups in total.